The molecule has 1 aromatic heterocycles. The van der Waals surface area contributed by atoms with Gasteiger partial charge in [-0.25, -0.2) is 9.78 Å². The van der Waals surface area contributed by atoms with Crippen molar-refractivity contribution in [3.05, 3.63) is 111 Å². The maximum atomic E-state index is 13.1. The van der Waals surface area contributed by atoms with E-state index in [1.165, 1.54) is 17.0 Å². The lowest BCUT2D eigenvalue weighted by molar-refractivity contribution is -0.128. The van der Waals surface area contributed by atoms with Gasteiger partial charge in [-0.2, -0.15) is 9.78 Å². The normalized spacial score (nSPS) is 11.6. The summed E-state index contributed by atoms with van der Waals surface area (Å²) in [6.07, 6.45) is 4.48. The fourth-order valence-electron chi connectivity index (χ4n) is 3.31. The molecule has 0 saturated heterocycles. The van der Waals surface area contributed by atoms with E-state index < -0.39 is 5.97 Å². The molecule has 1 heterocycles. The van der Waals surface area contributed by atoms with Gasteiger partial charge in [0.15, 0.2) is 0 Å². The quantitative estimate of drug-likeness (QED) is 0.157. The molecule has 0 fully saturated rings. The molecule has 4 aromatic rings. The van der Waals surface area contributed by atoms with E-state index in [2.05, 4.69) is 10.1 Å². The minimum Gasteiger partial charge on any atom is -0.423 e. The third-order valence-corrected chi connectivity index (χ3v) is 5.27. The number of hydrogen-bond donors (Lipinski definition) is 0. The minimum absolute atomic E-state index is 0.0273. The molecule has 0 saturated carbocycles. The lowest BCUT2D eigenvalue weighted by Crippen LogP contribution is -2.23. The summed E-state index contributed by atoms with van der Waals surface area (Å²) in [4.78, 5) is 30.1. The third kappa shape index (κ3) is 5.30. The minimum atomic E-state index is -0.539. The molecule has 4 rings (SSSR count). The van der Waals surface area contributed by atoms with Gasteiger partial charge in [-0.1, -0.05) is 61.8 Å². The molecule has 0 spiro atoms. The number of ether oxygens (including phenoxy) is 1. The number of benzene rings is 3. The fourth-order valence-corrected chi connectivity index (χ4v) is 3.43. The van der Waals surface area contributed by atoms with E-state index in [1.807, 2.05) is 26.0 Å². The molecule has 0 aliphatic rings. The number of esters is 1. The van der Waals surface area contributed by atoms with Crippen molar-refractivity contribution >= 4 is 40.8 Å². The lowest BCUT2D eigenvalue weighted by Gasteiger charge is -2.12. The lowest BCUT2D eigenvalue weighted by atomic mass is 10.2. The van der Waals surface area contributed by atoms with Crippen LogP contribution in [0.2, 0.25) is 5.02 Å². The number of carbonyl (C=O) groups excluding carboxylic acids is 1. The maximum absolute atomic E-state index is 13.1. The number of fused-ring (bicyclic) bond motifs is 1. The van der Waals surface area contributed by atoms with Gasteiger partial charge in [0.2, 0.25) is 0 Å². The molecular weight excluding hydrogens is 450 g/mol. The molecule has 0 aliphatic heterocycles. The molecular formula is C27H22ClN3O3. The van der Waals surface area contributed by atoms with Crippen LogP contribution in [0.3, 0.4) is 0 Å². The first-order valence-corrected chi connectivity index (χ1v) is 11.1. The zero-order valence-electron chi connectivity index (χ0n) is 18.7. The Morgan fingerprint density at radius 3 is 2.50 bits per heavy atom. The standard InChI is InChI=1S/C27H22ClN3O3/c1-18(2)26-30-23-9-5-4-8-22(23)27(33)31(26)29-17-20-7-3-6-10-24(20)34-25(32)16-13-19-11-14-21(28)15-12-19/h3-18H,1-2H3/b16-13+,29-17?. The zero-order chi connectivity index (χ0) is 24.1. The third-order valence-electron chi connectivity index (χ3n) is 5.02. The van der Waals surface area contributed by atoms with E-state index in [0.29, 0.717) is 33.1 Å². The van der Waals surface area contributed by atoms with Crippen molar-refractivity contribution in [2.75, 3.05) is 0 Å². The van der Waals surface area contributed by atoms with E-state index >= 15 is 0 Å². The topological polar surface area (TPSA) is 73.6 Å². The van der Waals surface area contributed by atoms with Crippen LogP contribution in [0.4, 0.5) is 0 Å². The maximum Gasteiger partial charge on any atom is 0.336 e. The summed E-state index contributed by atoms with van der Waals surface area (Å²) in [5.74, 6) is 0.300. The SMILES string of the molecule is CC(C)c1nc2ccccc2c(=O)n1N=Cc1ccccc1OC(=O)/C=C/c1ccc(Cl)cc1. The van der Waals surface area contributed by atoms with Crippen molar-refractivity contribution in [3.63, 3.8) is 0 Å². The summed E-state index contributed by atoms with van der Waals surface area (Å²) in [6.45, 7) is 3.90. The van der Waals surface area contributed by atoms with E-state index in [1.54, 1.807) is 66.7 Å². The molecule has 170 valence electrons. The van der Waals surface area contributed by atoms with Crippen LogP contribution in [-0.2, 0) is 4.79 Å². The molecule has 3 aromatic carbocycles. The second-order valence-corrected chi connectivity index (χ2v) is 8.28. The Labute approximate surface area is 201 Å². The Morgan fingerprint density at radius 2 is 1.74 bits per heavy atom. The van der Waals surface area contributed by atoms with Crippen molar-refractivity contribution in [1.82, 2.24) is 9.66 Å². The molecule has 0 bridgehead atoms. The van der Waals surface area contributed by atoms with Gasteiger partial charge in [0.25, 0.3) is 5.56 Å². The highest BCUT2D eigenvalue weighted by Crippen LogP contribution is 2.18. The van der Waals surface area contributed by atoms with Crippen LogP contribution in [0.25, 0.3) is 17.0 Å². The van der Waals surface area contributed by atoms with Crippen LogP contribution in [0.15, 0.2) is 88.8 Å². The van der Waals surface area contributed by atoms with Gasteiger partial charge in [-0.3, -0.25) is 4.79 Å². The van der Waals surface area contributed by atoms with Crippen LogP contribution in [-0.4, -0.2) is 21.8 Å². The average molecular weight is 472 g/mol. The number of rotatable bonds is 6. The molecule has 0 radical (unpaired) electrons. The van der Waals surface area contributed by atoms with Crippen LogP contribution in [0.1, 0.15) is 36.7 Å². The Morgan fingerprint density at radius 1 is 1.03 bits per heavy atom. The van der Waals surface area contributed by atoms with Gasteiger partial charge < -0.3 is 4.74 Å². The zero-order valence-corrected chi connectivity index (χ0v) is 19.4. The van der Waals surface area contributed by atoms with Gasteiger partial charge in [-0.15, -0.1) is 0 Å². The van der Waals surface area contributed by atoms with Crippen LogP contribution in [0.5, 0.6) is 5.75 Å². The number of aromatic nitrogens is 2. The molecule has 0 amide bonds. The summed E-state index contributed by atoms with van der Waals surface area (Å²) in [7, 11) is 0. The van der Waals surface area contributed by atoms with E-state index in [4.69, 9.17) is 16.3 Å². The first-order valence-electron chi connectivity index (χ1n) is 10.7. The summed E-state index contributed by atoms with van der Waals surface area (Å²) in [5, 5.41) is 5.51. The number of carbonyl (C=O) groups is 1. The Bertz CT molecular complexity index is 1450. The molecule has 0 unspecified atom stereocenters. The highest BCUT2D eigenvalue weighted by Gasteiger charge is 2.13. The molecule has 6 nitrogen and oxygen atoms in total. The largest absolute Gasteiger partial charge is 0.423 e. The molecule has 0 aliphatic carbocycles. The molecule has 0 N–H and O–H groups in total. The smallest absolute Gasteiger partial charge is 0.336 e. The van der Waals surface area contributed by atoms with Gasteiger partial charge in [0.05, 0.1) is 17.1 Å². The second-order valence-electron chi connectivity index (χ2n) is 7.85. The number of halogens is 1. The first-order chi connectivity index (χ1) is 16.4. The summed E-state index contributed by atoms with van der Waals surface area (Å²) in [6, 6.07) is 21.2. The summed E-state index contributed by atoms with van der Waals surface area (Å²) >= 11 is 5.89. The second kappa shape index (κ2) is 10.3. The predicted molar refractivity (Wildman–Crippen MR) is 136 cm³/mol. The fraction of sp³-hybridized carbons (Fsp3) is 0.111. The Kier molecular flexibility index (Phi) is 6.99. The van der Waals surface area contributed by atoms with E-state index in [-0.39, 0.29) is 11.5 Å². The van der Waals surface area contributed by atoms with E-state index in [0.717, 1.165) is 5.56 Å². The number of hydrogen-bond acceptors (Lipinski definition) is 5. The average Bonchev–Trinajstić information content (AvgIpc) is 2.84. The van der Waals surface area contributed by atoms with Crippen molar-refractivity contribution in [2.24, 2.45) is 5.10 Å². The predicted octanol–water partition coefficient (Wildman–Crippen LogP) is 5.67. The molecule has 0 atom stereocenters. The highest BCUT2D eigenvalue weighted by molar-refractivity contribution is 6.30. The first kappa shape index (κ1) is 23.1. The summed E-state index contributed by atoms with van der Waals surface area (Å²) < 4.78 is 6.81. The Hall–Kier alpha value is -4.03. The van der Waals surface area contributed by atoms with Gasteiger partial charge in [0.1, 0.15) is 11.6 Å². The monoisotopic (exact) mass is 471 g/mol. The van der Waals surface area contributed by atoms with Crippen LogP contribution < -0.4 is 10.3 Å². The van der Waals surface area contributed by atoms with E-state index in [9.17, 15) is 9.59 Å². The summed E-state index contributed by atoms with van der Waals surface area (Å²) in [5.41, 5.74) is 1.74. The van der Waals surface area contributed by atoms with Gasteiger partial charge in [0, 0.05) is 22.6 Å². The van der Waals surface area contributed by atoms with Crippen LogP contribution >= 0.6 is 11.6 Å². The van der Waals surface area contributed by atoms with Gasteiger partial charge >= 0.3 is 5.97 Å². The Balaban J connectivity index is 1.62. The van der Waals surface area contributed by atoms with Crippen LogP contribution in [0, 0.1) is 0 Å². The molecule has 7 heteroatoms. The number of para-hydroxylation sites is 2. The van der Waals surface area contributed by atoms with Crippen molar-refractivity contribution in [2.45, 2.75) is 19.8 Å². The molecule has 34 heavy (non-hydrogen) atoms. The van der Waals surface area contributed by atoms with Crippen molar-refractivity contribution < 1.29 is 9.53 Å². The van der Waals surface area contributed by atoms with Gasteiger partial charge in [-0.05, 0) is 48.0 Å². The van der Waals surface area contributed by atoms with Crippen molar-refractivity contribution in [1.29, 1.82) is 0 Å². The number of nitrogens with zero attached hydrogens (tertiary/aromatic N) is 3. The van der Waals surface area contributed by atoms with Crippen molar-refractivity contribution in [3.8, 4) is 5.75 Å². The highest BCUT2D eigenvalue weighted by atomic mass is 35.5.